The minimum absolute atomic E-state index is 0.366. The first-order valence-electron chi connectivity index (χ1n) is 11.5. The van der Waals surface area contributed by atoms with E-state index >= 15 is 0 Å². The van der Waals surface area contributed by atoms with Crippen molar-refractivity contribution in [1.82, 2.24) is 0 Å². The van der Waals surface area contributed by atoms with Crippen LogP contribution in [-0.4, -0.2) is 12.7 Å². The normalized spacial score (nSPS) is 18.7. The van der Waals surface area contributed by atoms with Crippen LogP contribution in [0.25, 0.3) is 0 Å². The van der Waals surface area contributed by atoms with Gasteiger partial charge in [0.05, 0.1) is 18.3 Å². The van der Waals surface area contributed by atoms with Crippen LogP contribution < -0.4 is 0 Å². The van der Waals surface area contributed by atoms with E-state index in [0.29, 0.717) is 16.7 Å². The second kappa shape index (κ2) is 12.7. The van der Waals surface area contributed by atoms with Crippen LogP contribution in [0, 0.1) is 23.6 Å². The van der Waals surface area contributed by atoms with Crippen molar-refractivity contribution in [3.05, 3.63) is 82.1 Å². The third-order valence-corrected chi connectivity index (χ3v) is 6.15. The van der Waals surface area contributed by atoms with Crippen molar-refractivity contribution < 1.29 is 9.13 Å². The first-order valence-corrected chi connectivity index (χ1v) is 11.8. The topological polar surface area (TPSA) is 9.23 Å². The summed E-state index contributed by atoms with van der Waals surface area (Å²) in [6.45, 7) is 2.95. The second-order valence-electron chi connectivity index (χ2n) is 8.35. The molecule has 1 aliphatic carbocycles. The largest absolute Gasteiger partial charge is 0.374 e. The molecule has 3 rings (SSSR count). The quantitative estimate of drug-likeness (QED) is 0.302. The van der Waals surface area contributed by atoms with Gasteiger partial charge >= 0.3 is 0 Å². The Hall–Kier alpha value is -2.08. The number of hydrogen-bond donors (Lipinski definition) is 0. The molecule has 0 saturated heterocycles. The SMILES string of the molecule is CCC/C=C/COC1CCC(CCc2ccc(C#Cc3ccc(Cl)cc3F)cc2)CC1. The molecule has 0 radical (unpaired) electrons. The molecule has 0 unspecified atom stereocenters. The van der Waals surface area contributed by atoms with Crippen LogP contribution in [0.2, 0.25) is 5.02 Å². The fourth-order valence-electron chi connectivity index (χ4n) is 3.99. The molecule has 0 aliphatic heterocycles. The van der Waals surface area contributed by atoms with Crippen molar-refractivity contribution in [3.63, 3.8) is 0 Å². The summed E-state index contributed by atoms with van der Waals surface area (Å²) in [4.78, 5) is 0. The molecule has 0 N–H and O–H groups in total. The van der Waals surface area contributed by atoms with Gasteiger partial charge in [0.15, 0.2) is 0 Å². The highest BCUT2D eigenvalue weighted by Gasteiger charge is 2.21. The Morgan fingerprint density at radius 2 is 1.81 bits per heavy atom. The number of unbranched alkanes of at least 4 members (excludes halogenated alkanes) is 1. The fourth-order valence-corrected chi connectivity index (χ4v) is 4.15. The molecule has 2 aromatic rings. The van der Waals surface area contributed by atoms with Crippen LogP contribution in [0.1, 0.15) is 68.6 Å². The number of hydrogen-bond acceptors (Lipinski definition) is 1. The highest BCUT2D eigenvalue weighted by atomic mass is 35.5. The first kappa shape index (κ1) is 23.6. The van der Waals surface area contributed by atoms with Gasteiger partial charge in [-0.25, -0.2) is 4.39 Å². The van der Waals surface area contributed by atoms with Crippen LogP contribution in [0.4, 0.5) is 4.39 Å². The maximum Gasteiger partial charge on any atom is 0.140 e. The molecular formula is C28H32ClFO. The van der Waals surface area contributed by atoms with E-state index in [1.165, 1.54) is 50.2 Å². The van der Waals surface area contributed by atoms with E-state index in [-0.39, 0.29) is 5.82 Å². The third kappa shape index (κ3) is 8.17. The van der Waals surface area contributed by atoms with Crippen molar-refractivity contribution >= 4 is 11.6 Å². The Morgan fingerprint density at radius 1 is 1.03 bits per heavy atom. The predicted molar refractivity (Wildman–Crippen MR) is 128 cm³/mol. The summed E-state index contributed by atoms with van der Waals surface area (Å²) >= 11 is 5.78. The summed E-state index contributed by atoms with van der Waals surface area (Å²) < 4.78 is 19.8. The van der Waals surface area contributed by atoms with Gasteiger partial charge in [-0.1, -0.05) is 61.1 Å². The average molecular weight is 439 g/mol. The first-order chi connectivity index (χ1) is 15.1. The summed E-state index contributed by atoms with van der Waals surface area (Å²) in [5, 5.41) is 0.382. The lowest BCUT2D eigenvalue weighted by atomic mass is 9.83. The summed E-state index contributed by atoms with van der Waals surface area (Å²) in [6, 6.07) is 12.9. The zero-order chi connectivity index (χ0) is 21.9. The monoisotopic (exact) mass is 438 g/mol. The molecule has 2 aromatic carbocycles. The molecule has 0 amide bonds. The van der Waals surface area contributed by atoms with Gasteiger partial charge in [0, 0.05) is 10.6 Å². The zero-order valence-electron chi connectivity index (χ0n) is 18.4. The maximum absolute atomic E-state index is 13.8. The van der Waals surface area contributed by atoms with Gasteiger partial charge in [0.25, 0.3) is 0 Å². The van der Waals surface area contributed by atoms with Crippen LogP contribution in [0.3, 0.4) is 0 Å². The third-order valence-electron chi connectivity index (χ3n) is 5.91. The smallest absolute Gasteiger partial charge is 0.140 e. The number of ether oxygens (including phenoxy) is 1. The Labute approximate surface area is 191 Å². The van der Waals surface area contributed by atoms with Gasteiger partial charge in [0.2, 0.25) is 0 Å². The standard InChI is InChI=1S/C28H32ClFO/c1-2-3-4-5-20-31-27-18-13-24(14-19-27)11-8-22-6-9-23(10-7-22)12-15-25-16-17-26(29)21-28(25)30/h4-7,9-10,16-17,21,24,27H,2-3,8,11,13-14,18-20H2,1H3/b5-4+. The van der Waals surface area contributed by atoms with Gasteiger partial charge in [-0.05, 0) is 86.8 Å². The highest BCUT2D eigenvalue weighted by molar-refractivity contribution is 6.30. The van der Waals surface area contributed by atoms with Gasteiger partial charge < -0.3 is 4.74 Å². The van der Waals surface area contributed by atoms with Crippen LogP contribution in [0.5, 0.6) is 0 Å². The molecule has 0 heterocycles. The fraction of sp³-hybridized carbons (Fsp3) is 0.429. The van der Waals surface area contributed by atoms with Crippen LogP contribution in [0.15, 0.2) is 54.6 Å². The van der Waals surface area contributed by atoms with Crippen molar-refractivity contribution in [2.45, 2.75) is 64.4 Å². The molecular weight excluding hydrogens is 407 g/mol. The highest BCUT2D eigenvalue weighted by Crippen LogP contribution is 2.29. The van der Waals surface area contributed by atoms with Crippen molar-refractivity contribution in [3.8, 4) is 11.8 Å². The average Bonchev–Trinajstić information content (AvgIpc) is 2.78. The van der Waals surface area contributed by atoms with E-state index in [9.17, 15) is 4.39 Å². The molecule has 1 aliphatic rings. The molecule has 3 heteroatoms. The molecule has 0 atom stereocenters. The maximum atomic E-state index is 13.8. The minimum Gasteiger partial charge on any atom is -0.374 e. The van der Waals surface area contributed by atoms with E-state index < -0.39 is 0 Å². The number of allylic oxidation sites excluding steroid dienone is 1. The van der Waals surface area contributed by atoms with Crippen molar-refractivity contribution in [2.75, 3.05) is 6.61 Å². The summed E-state index contributed by atoms with van der Waals surface area (Å²) in [5.74, 6) is 6.33. The Kier molecular flexibility index (Phi) is 9.66. The second-order valence-corrected chi connectivity index (χ2v) is 8.78. The molecule has 31 heavy (non-hydrogen) atoms. The van der Waals surface area contributed by atoms with Gasteiger partial charge in [-0.2, -0.15) is 0 Å². The van der Waals surface area contributed by atoms with Crippen molar-refractivity contribution in [2.24, 2.45) is 5.92 Å². The van der Waals surface area contributed by atoms with Crippen LogP contribution in [-0.2, 0) is 11.2 Å². The van der Waals surface area contributed by atoms with E-state index in [0.717, 1.165) is 30.9 Å². The summed E-state index contributed by atoms with van der Waals surface area (Å²) in [5.41, 5.74) is 2.59. The summed E-state index contributed by atoms with van der Waals surface area (Å²) in [6.07, 6.45) is 14.4. The van der Waals surface area contributed by atoms with Gasteiger partial charge in [0.1, 0.15) is 5.82 Å². The lowest BCUT2D eigenvalue weighted by Crippen LogP contribution is -2.22. The minimum atomic E-state index is -0.385. The van der Waals surface area contributed by atoms with E-state index in [1.807, 2.05) is 12.1 Å². The van der Waals surface area contributed by atoms with Crippen LogP contribution >= 0.6 is 11.6 Å². The van der Waals surface area contributed by atoms with E-state index in [1.54, 1.807) is 12.1 Å². The lowest BCUT2D eigenvalue weighted by Gasteiger charge is -2.28. The number of benzene rings is 2. The lowest BCUT2D eigenvalue weighted by molar-refractivity contribution is 0.0336. The van der Waals surface area contributed by atoms with E-state index in [4.69, 9.17) is 16.3 Å². The van der Waals surface area contributed by atoms with Crippen molar-refractivity contribution in [1.29, 1.82) is 0 Å². The van der Waals surface area contributed by atoms with Gasteiger partial charge in [-0.15, -0.1) is 0 Å². The molecule has 0 aromatic heterocycles. The number of aryl methyl sites for hydroxylation is 1. The molecule has 1 fully saturated rings. The predicted octanol–water partition coefficient (Wildman–Crippen LogP) is 7.74. The number of halogens is 2. The van der Waals surface area contributed by atoms with E-state index in [2.05, 4.69) is 43.0 Å². The Bertz CT molecular complexity index is 899. The number of rotatable bonds is 8. The zero-order valence-corrected chi connectivity index (χ0v) is 19.1. The molecule has 164 valence electrons. The molecule has 0 bridgehead atoms. The molecule has 1 nitrogen and oxygen atoms in total. The summed E-state index contributed by atoms with van der Waals surface area (Å²) in [7, 11) is 0. The molecule has 1 saturated carbocycles. The molecule has 0 spiro atoms. The Morgan fingerprint density at radius 3 is 2.52 bits per heavy atom. The Balaban J connectivity index is 1.40. The van der Waals surface area contributed by atoms with Gasteiger partial charge in [-0.3, -0.25) is 0 Å².